The molecule has 2 heterocycles. The molecule has 0 saturated carbocycles. The first-order chi connectivity index (χ1) is 11.1. The van der Waals surface area contributed by atoms with Crippen LogP contribution in [0.15, 0.2) is 6.07 Å². The molecule has 0 bridgehead atoms. The smallest absolute Gasteiger partial charge is 0.264 e. The summed E-state index contributed by atoms with van der Waals surface area (Å²) in [6, 6.07) is 2.09. The van der Waals surface area contributed by atoms with E-state index in [1.807, 2.05) is 11.0 Å². The van der Waals surface area contributed by atoms with Gasteiger partial charge >= 0.3 is 0 Å². The van der Waals surface area contributed by atoms with Crippen molar-refractivity contribution in [3.8, 4) is 0 Å². The van der Waals surface area contributed by atoms with E-state index in [0.29, 0.717) is 19.5 Å². The van der Waals surface area contributed by atoms with Gasteiger partial charge in [0.25, 0.3) is 5.91 Å². The molecule has 1 fully saturated rings. The van der Waals surface area contributed by atoms with E-state index in [2.05, 4.69) is 19.2 Å². The monoisotopic (exact) mass is 337 g/mol. The van der Waals surface area contributed by atoms with Gasteiger partial charge in [0.1, 0.15) is 0 Å². The highest BCUT2D eigenvalue weighted by Crippen LogP contribution is 2.26. The molecule has 2 rings (SSSR count). The molecular formula is C17H27N3O2S. The Hall–Kier alpha value is -1.40. The Morgan fingerprint density at radius 3 is 2.87 bits per heavy atom. The van der Waals surface area contributed by atoms with Gasteiger partial charge in [-0.3, -0.25) is 9.59 Å². The number of piperidine rings is 1. The van der Waals surface area contributed by atoms with Gasteiger partial charge in [-0.2, -0.15) is 0 Å². The van der Waals surface area contributed by atoms with E-state index in [0.717, 1.165) is 37.1 Å². The van der Waals surface area contributed by atoms with Crippen LogP contribution in [0.1, 0.15) is 52.7 Å². The maximum atomic E-state index is 12.9. The zero-order chi connectivity index (χ0) is 16.8. The number of nitrogens with two attached hydrogens (primary N) is 1. The first kappa shape index (κ1) is 17.9. The van der Waals surface area contributed by atoms with E-state index in [1.165, 1.54) is 10.4 Å². The molecule has 2 amide bonds. The van der Waals surface area contributed by atoms with Gasteiger partial charge in [0.2, 0.25) is 5.91 Å². The lowest BCUT2D eigenvalue weighted by Crippen LogP contribution is -2.49. The van der Waals surface area contributed by atoms with Crippen LogP contribution in [0.5, 0.6) is 0 Å². The molecule has 3 N–H and O–H groups in total. The molecule has 1 aliphatic heterocycles. The Morgan fingerprint density at radius 1 is 1.43 bits per heavy atom. The van der Waals surface area contributed by atoms with Crippen LogP contribution in [0.2, 0.25) is 0 Å². The number of rotatable bonds is 6. The maximum Gasteiger partial charge on any atom is 0.264 e. The number of hydrogen-bond acceptors (Lipinski definition) is 4. The summed E-state index contributed by atoms with van der Waals surface area (Å²) in [5.74, 6) is 0.0706. The summed E-state index contributed by atoms with van der Waals surface area (Å²) in [5.41, 5.74) is 6.60. The van der Waals surface area contributed by atoms with Gasteiger partial charge in [-0.1, -0.05) is 6.92 Å². The quantitative estimate of drug-likeness (QED) is 0.834. The summed E-state index contributed by atoms with van der Waals surface area (Å²) in [6.45, 7) is 5.83. The van der Waals surface area contributed by atoms with E-state index in [-0.39, 0.29) is 17.9 Å². The minimum absolute atomic E-state index is 0.0364. The van der Waals surface area contributed by atoms with Crippen LogP contribution < -0.4 is 11.1 Å². The van der Waals surface area contributed by atoms with Crippen molar-refractivity contribution in [1.82, 2.24) is 10.2 Å². The van der Waals surface area contributed by atoms with Crippen LogP contribution in [-0.2, 0) is 11.2 Å². The number of amides is 2. The summed E-state index contributed by atoms with van der Waals surface area (Å²) in [7, 11) is 0. The van der Waals surface area contributed by atoms with Crippen LogP contribution in [0.3, 0.4) is 0 Å². The Bertz CT molecular complexity index is 556. The molecule has 0 radical (unpaired) electrons. The first-order valence-electron chi connectivity index (χ1n) is 8.43. The second-order valence-corrected chi connectivity index (χ2v) is 7.20. The van der Waals surface area contributed by atoms with Crippen molar-refractivity contribution < 1.29 is 9.59 Å². The fourth-order valence-corrected chi connectivity index (χ4v) is 4.12. The Balaban J connectivity index is 2.04. The predicted molar refractivity (Wildman–Crippen MR) is 93.8 cm³/mol. The van der Waals surface area contributed by atoms with E-state index in [9.17, 15) is 9.59 Å². The molecule has 5 nitrogen and oxygen atoms in total. The highest BCUT2D eigenvalue weighted by Gasteiger charge is 2.28. The van der Waals surface area contributed by atoms with Crippen molar-refractivity contribution in [2.45, 2.75) is 52.0 Å². The van der Waals surface area contributed by atoms with Crippen LogP contribution in [0, 0.1) is 6.92 Å². The van der Waals surface area contributed by atoms with Gasteiger partial charge < -0.3 is 16.0 Å². The summed E-state index contributed by atoms with van der Waals surface area (Å²) < 4.78 is 0. The Morgan fingerprint density at radius 2 is 2.22 bits per heavy atom. The molecular weight excluding hydrogens is 310 g/mol. The first-order valence-corrected chi connectivity index (χ1v) is 9.25. The van der Waals surface area contributed by atoms with Gasteiger partial charge in [-0.25, -0.2) is 0 Å². The standard InChI is InChI=1S/C17H27N3O2S/c1-3-14-12(2)10-15(23-14)17(22)20-9-5-4-6-13(20)11-19-16(21)7-8-18/h10,13H,3-9,11,18H2,1-2H3,(H,19,21). The average molecular weight is 337 g/mol. The third-order valence-corrected chi connectivity index (χ3v) is 5.72. The summed E-state index contributed by atoms with van der Waals surface area (Å²) >= 11 is 1.60. The third kappa shape index (κ3) is 4.54. The van der Waals surface area contributed by atoms with Crippen molar-refractivity contribution in [1.29, 1.82) is 0 Å². The molecule has 1 aliphatic rings. The van der Waals surface area contributed by atoms with Crippen LogP contribution in [-0.4, -0.2) is 42.4 Å². The van der Waals surface area contributed by atoms with E-state index < -0.39 is 0 Å². The highest BCUT2D eigenvalue weighted by molar-refractivity contribution is 7.14. The van der Waals surface area contributed by atoms with Crippen molar-refractivity contribution in [2.75, 3.05) is 19.6 Å². The summed E-state index contributed by atoms with van der Waals surface area (Å²) in [6.07, 6.45) is 4.38. The second-order valence-electron chi connectivity index (χ2n) is 6.06. The maximum absolute atomic E-state index is 12.9. The number of likely N-dealkylation sites (tertiary alicyclic amines) is 1. The summed E-state index contributed by atoms with van der Waals surface area (Å²) in [4.78, 5) is 28.5. The van der Waals surface area contributed by atoms with Crippen LogP contribution >= 0.6 is 11.3 Å². The van der Waals surface area contributed by atoms with Gasteiger partial charge in [0, 0.05) is 37.0 Å². The van der Waals surface area contributed by atoms with E-state index in [4.69, 9.17) is 5.73 Å². The minimum atomic E-state index is -0.0364. The molecule has 1 aromatic rings. The molecule has 1 unspecified atom stereocenters. The molecule has 1 atom stereocenters. The molecule has 1 saturated heterocycles. The van der Waals surface area contributed by atoms with Gasteiger partial charge in [0.15, 0.2) is 0 Å². The third-order valence-electron chi connectivity index (χ3n) is 4.35. The Labute approximate surface area is 142 Å². The number of carbonyl (C=O) groups is 2. The molecule has 1 aromatic heterocycles. The number of aryl methyl sites for hydroxylation is 2. The lowest BCUT2D eigenvalue weighted by molar-refractivity contribution is -0.121. The molecule has 23 heavy (non-hydrogen) atoms. The predicted octanol–water partition coefficient (Wildman–Crippen LogP) is 2.08. The lowest BCUT2D eigenvalue weighted by Gasteiger charge is -2.35. The van der Waals surface area contributed by atoms with Crippen molar-refractivity contribution in [2.24, 2.45) is 5.73 Å². The molecule has 0 spiro atoms. The average Bonchev–Trinajstić information content (AvgIpc) is 2.94. The van der Waals surface area contributed by atoms with Gasteiger partial charge in [-0.15, -0.1) is 11.3 Å². The van der Waals surface area contributed by atoms with Crippen LogP contribution in [0.4, 0.5) is 0 Å². The molecule has 6 heteroatoms. The zero-order valence-electron chi connectivity index (χ0n) is 14.1. The van der Waals surface area contributed by atoms with Gasteiger partial charge in [0.05, 0.1) is 4.88 Å². The number of nitrogens with one attached hydrogen (secondary N) is 1. The Kier molecular flexibility index (Phi) is 6.59. The number of thiophene rings is 1. The minimum Gasteiger partial charge on any atom is -0.354 e. The van der Waals surface area contributed by atoms with E-state index in [1.54, 1.807) is 11.3 Å². The fourth-order valence-electron chi connectivity index (χ4n) is 3.05. The second kappa shape index (κ2) is 8.45. The van der Waals surface area contributed by atoms with E-state index >= 15 is 0 Å². The molecule has 0 aromatic carbocycles. The normalized spacial score (nSPS) is 18.0. The van der Waals surface area contributed by atoms with Gasteiger partial charge in [-0.05, 0) is 44.2 Å². The lowest BCUT2D eigenvalue weighted by atomic mass is 10.0. The zero-order valence-corrected chi connectivity index (χ0v) is 14.9. The highest BCUT2D eigenvalue weighted by atomic mass is 32.1. The molecule has 0 aliphatic carbocycles. The molecule has 128 valence electrons. The van der Waals surface area contributed by atoms with Crippen molar-refractivity contribution in [3.63, 3.8) is 0 Å². The summed E-state index contributed by atoms with van der Waals surface area (Å²) in [5, 5.41) is 2.91. The SMILES string of the molecule is CCc1sc(C(=O)N2CCCCC2CNC(=O)CCN)cc1C. The fraction of sp³-hybridized carbons (Fsp3) is 0.647. The van der Waals surface area contributed by atoms with Crippen LogP contribution in [0.25, 0.3) is 0 Å². The topological polar surface area (TPSA) is 75.4 Å². The van der Waals surface area contributed by atoms with Crippen molar-refractivity contribution in [3.05, 3.63) is 21.4 Å². The number of carbonyl (C=O) groups excluding carboxylic acids is 2. The largest absolute Gasteiger partial charge is 0.354 e. The number of nitrogens with zero attached hydrogens (tertiary/aromatic N) is 1. The van der Waals surface area contributed by atoms with Crippen molar-refractivity contribution >= 4 is 23.2 Å². The number of hydrogen-bond donors (Lipinski definition) is 2.